The van der Waals surface area contributed by atoms with E-state index in [0.29, 0.717) is 11.4 Å². The number of anilines is 3. The van der Waals surface area contributed by atoms with Gasteiger partial charge in [0.2, 0.25) is 0 Å². The molecule has 0 amide bonds. The lowest BCUT2D eigenvalue weighted by Crippen LogP contribution is -2.09. The topological polar surface area (TPSA) is 3.24 Å². The number of rotatable bonds is 8. The van der Waals surface area contributed by atoms with Gasteiger partial charge in [0.25, 0.3) is 0 Å². The van der Waals surface area contributed by atoms with Crippen LogP contribution in [0.15, 0.2) is 224 Å². The maximum Gasteiger partial charge on any atom is 0.0645 e. The molecule has 0 bridgehead atoms. The summed E-state index contributed by atoms with van der Waals surface area (Å²) in [5.74, 6) is 0. The molecule has 0 saturated carbocycles. The van der Waals surface area contributed by atoms with Crippen molar-refractivity contribution in [2.75, 3.05) is 4.90 Å². The van der Waals surface area contributed by atoms with Crippen LogP contribution in [0.2, 0.25) is 0 Å². The Labute approximate surface area is 330 Å². The smallest absolute Gasteiger partial charge is 0.0645 e. The van der Waals surface area contributed by atoms with Gasteiger partial charge in [0.05, 0.1) is 17.8 Å². The van der Waals surface area contributed by atoms with Crippen molar-refractivity contribution in [1.82, 2.24) is 0 Å². The highest BCUT2D eigenvalue weighted by atomic mass is 15.1. The molecule has 0 saturated heterocycles. The molecule has 1 nitrogen and oxygen atoms in total. The second kappa shape index (κ2) is 14.3. The molecule has 53 heavy (non-hydrogen) atoms. The van der Waals surface area contributed by atoms with E-state index in [0.717, 1.165) is 44.2 Å². The van der Waals surface area contributed by atoms with Gasteiger partial charge in [-0.1, -0.05) is 182 Å². The monoisotopic (exact) mass is 688 g/mol. The standard InChI is InChI=1S/C52H37N/c1-3-11-38(12-4-1)40-21-23-41(24-22-40)43-27-33-49(34-28-43)53(48-31-25-42(26-32-48)39-13-5-2-6-14-39)50-35-29-44(30-36-50)46-17-9-18-47(37-46)52-20-10-16-45-15-7-8-19-51(45)52/h1-37H/i1D,3D,4D,11D,12D,21D,22D,23D,24D,27D,28D,33D,34D. The summed E-state index contributed by atoms with van der Waals surface area (Å²) in [4.78, 5) is 1.62. The second-order valence-electron chi connectivity index (χ2n) is 12.4. The van der Waals surface area contributed by atoms with Gasteiger partial charge in [0, 0.05) is 17.1 Å². The van der Waals surface area contributed by atoms with Gasteiger partial charge in [-0.3, -0.25) is 0 Å². The zero-order valence-corrected chi connectivity index (χ0v) is 28.3. The van der Waals surface area contributed by atoms with Crippen LogP contribution in [0.5, 0.6) is 0 Å². The van der Waals surface area contributed by atoms with E-state index in [1.807, 2.05) is 109 Å². The summed E-state index contributed by atoms with van der Waals surface area (Å²) in [5, 5.41) is 2.27. The largest absolute Gasteiger partial charge is 0.311 e. The molecule has 9 rings (SSSR count). The minimum absolute atomic E-state index is 0.127. The summed E-state index contributed by atoms with van der Waals surface area (Å²) in [5.41, 5.74) is 4.67. The fourth-order valence-electron chi connectivity index (χ4n) is 6.47. The highest BCUT2D eigenvalue weighted by molar-refractivity contribution is 5.97. The number of hydrogen-bond acceptors (Lipinski definition) is 1. The Morgan fingerprint density at radius 2 is 0.774 bits per heavy atom. The lowest BCUT2D eigenvalue weighted by Gasteiger charge is -2.26. The summed E-state index contributed by atoms with van der Waals surface area (Å²) in [6, 6.07) is 38.5. The fourth-order valence-corrected chi connectivity index (χ4v) is 6.47. The first-order valence-corrected chi connectivity index (χ1v) is 17.1. The van der Waals surface area contributed by atoms with Crippen LogP contribution in [-0.2, 0) is 0 Å². The highest BCUT2D eigenvalue weighted by Crippen LogP contribution is 2.39. The van der Waals surface area contributed by atoms with Crippen LogP contribution < -0.4 is 4.90 Å². The Morgan fingerprint density at radius 1 is 0.302 bits per heavy atom. The predicted molar refractivity (Wildman–Crippen MR) is 226 cm³/mol. The molecule has 0 heterocycles. The Hall–Kier alpha value is -6.96. The maximum atomic E-state index is 9.46. The van der Waals surface area contributed by atoms with Crippen LogP contribution in [0.25, 0.3) is 66.4 Å². The van der Waals surface area contributed by atoms with Crippen LogP contribution in [0, 0.1) is 0 Å². The SMILES string of the molecule is [2H]c1c([2H])c([2H])c(-c2c([2H])c([2H])c(-c3c([2H])c([2H])c(N(c4ccc(-c5ccccc5)cc4)c4ccc(-c5cccc(-c6cccc7ccccc67)c5)cc4)c([2H])c3[2H])c([2H])c2[2H])c([2H])c1[2H]. The molecule has 1 heteroatoms. The summed E-state index contributed by atoms with van der Waals surface area (Å²) >= 11 is 0. The van der Waals surface area contributed by atoms with Gasteiger partial charge in [-0.05, 0) is 109 Å². The number of nitrogens with zero attached hydrogens (tertiary/aromatic N) is 1. The molecule has 0 radical (unpaired) electrons. The molecule has 0 aliphatic carbocycles. The zero-order chi connectivity index (χ0) is 46.7. The molecule has 9 aromatic carbocycles. The van der Waals surface area contributed by atoms with Crippen molar-refractivity contribution in [1.29, 1.82) is 0 Å². The van der Waals surface area contributed by atoms with Crippen LogP contribution in [0.3, 0.4) is 0 Å². The van der Waals surface area contributed by atoms with Crippen LogP contribution in [-0.4, -0.2) is 0 Å². The minimum Gasteiger partial charge on any atom is -0.311 e. The van der Waals surface area contributed by atoms with Gasteiger partial charge in [0.15, 0.2) is 0 Å². The predicted octanol–water partition coefficient (Wildman–Crippen LogP) is 14.6. The van der Waals surface area contributed by atoms with Crippen molar-refractivity contribution >= 4 is 27.8 Å². The Kier molecular flexibility index (Phi) is 5.62. The van der Waals surface area contributed by atoms with E-state index in [1.54, 1.807) is 4.90 Å². The van der Waals surface area contributed by atoms with E-state index in [-0.39, 0.29) is 5.69 Å². The minimum atomic E-state index is -0.770. The van der Waals surface area contributed by atoms with E-state index >= 15 is 0 Å². The molecule has 0 spiro atoms. The van der Waals surface area contributed by atoms with Crippen molar-refractivity contribution < 1.29 is 17.8 Å². The van der Waals surface area contributed by atoms with E-state index < -0.39 is 101 Å². The van der Waals surface area contributed by atoms with Crippen LogP contribution in [0.1, 0.15) is 17.8 Å². The summed E-state index contributed by atoms with van der Waals surface area (Å²) < 4.78 is 115. The molecule has 250 valence electrons. The summed E-state index contributed by atoms with van der Waals surface area (Å²) in [7, 11) is 0. The third-order valence-corrected chi connectivity index (χ3v) is 9.12. The van der Waals surface area contributed by atoms with E-state index in [2.05, 4.69) is 36.4 Å². The summed E-state index contributed by atoms with van der Waals surface area (Å²) in [6.45, 7) is 0. The number of hydrogen-bond donors (Lipinski definition) is 0. The van der Waals surface area contributed by atoms with Crippen molar-refractivity contribution in [2.45, 2.75) is 0 Å². The molecule has 0 fully saturated rings. The number of fused-ring (bicyclic) bond motifs is 1. The molecule has 0 aliphatic heterocycles. The van der Waals surface area contributed by atoms with Crippen molar-refractivity contribution in [3.63, 3.8) is 0 Å². The molecular weight excluding hydrogens is 639 g/mol. The highest BCUT2D eigenvalue weighted by Gasteiger charge is 2.14. The van der Waals surface area contributed by atoms with Crippen molar-refractivity contribution in [3.05, 3.63) is 224 Å². The van der Waals surface area contributed by atoms with Crippen molar-refractivity contribution in [2.24, 2.45) is 0 Å². The van der Waals surface area contributed by atoms with Crippen LogP contribution >= 0.6 is 0 Å². The third kappa shape index (κ3) is 6.65. The van der Waals surface area contributed by atoms with Gasteiger partial charge in [-0.15, -0.1) is 0 Å². The molecule has 0 unspecified atom stereocenters. The molecule has 9 aromatic rings. The van der Waals surface area contributed by atoms with Gasteiger partial charge >= 0.3 is 0 Å². The number of benzene rings is 9. The quantitative estimate of drug-likeness (QED) is 0.154. The first kappa shape index (κ1) is 20.8. The maximum absolute atomic E-state index is 9.46. The van der Waals surface area contributed by atoms with Crippen LogP contribution in [0.4, 0.5) is 17.1 Å². The first-order valence-electron chi connectivity index (χ1n) is 23.6. The first-order chi connectivity index (χ1) is 31.7. The molecule has 0 aliphatic rings. The van der Waals surface area contributed by atoms with E-state index in [9.17, 15) is 5.48 Å². The fraction of sp³-hybridized carbons (Fsp3) is 0. The Bertz CT molecular complexity index is 3300. The van der Waals surface area contributed by atoms with E-state index in [4.69, 9.17) is 12.3 Å². The lowest BCUT2D eigenvalue weighted by atomic mass is 9.95. The Morgan fingerprint density at radius 3 is 1.43 bits per heavy atom. The Balaban J connectivity index is 1.18. The average Bonchev–Trinajstić information content (AvgIpc) is 3.35. The van der Waals surface area contributed by atoms with Gasteiger partial charge in [0.1, 0.15) is 0 Å². The van der Waals surface area contributed by atoms with Crippen molar-refractivity contribution in [3.8, 4) is 55.6 Å². The van der Waals surface area contributed by atoms with E-state index in [1.165, 1.54) is 0 Å². The lowest BCUT2D eigenvalue weighted by molar-refractivity contribution is 1.28. The third-order valence-electron chi connectivity index (χ3n) is 9.12. The zero-order valence-electron chi connectivity index (χ0n) is 41.3. The van der Waals surface area contributed by atoms with Gasteiger partial charge < -0.3 is 4.90 Å². The molecular formula is C52H37N. The molecule has 0 N–H and O–H groups in total. The second-order valence-corrected chi connectivity index (χ2v) is 12.4. The molecule has 0 atom stereocenters. The van der Waals surface area contributed by atoms with Gasteiger partial charge in [-0.25, -0.2) is 0 Å². The normalized spacial score (nSPS) is 14.5. The molecule has 0 aromatic heterocycles. The van der Waals surface area contributed by atoms with Gasteiger partial charge in [-0.2, -0.15) is 0 Å². The summed E-state index contributed by atoms with van der Waals surface area (Å²) in [6.07, 6.45) is 0. The average molecular weight is 689 g/mol.